The lowest BCUT2D eigenvalue weighted by Gasteiger charge is -2.10. The Balaban J connectivity index is 3.36. The molecule has 0 spiro atoms. The van der Waals surface area contributed by atoms with E-state index in [9.17, 15) is 4.57 Å². The zero-order valence-corrected chi connectivity index (χ0v) is 5.57. The maximum absolute atomic E-state index is 10.5. The molecule has 0 aromatic carbocycles. The fraction of sp³-hybridized carbons (Fsp3) is 0.750. The van der Waals surface area contributed by atoms with Crippen molar-refractivity contribution < 1.29 is 9.09 Å². The smallest absolute Gasteiger partial charge is 0.0624 e. The summed E-state index contributed by atoms with van der Waals surface area (Å²) in [5, 5.41) is 0. The van der Waals surface area contributed by atoms with Gasteiger partial charge in [-0.1, -0.05) is 0 Å². The molecule has 0 radical (unpaired) electrons. The van der Waals surface area contributed by atoms with Crippen molar-refractivity contribution in [3.63, 3.8) is 0 Å². The summed E-state index contributed by atoms with van der Waals surface area (Å²) in [4.78, 5) is 0. The molecule has 0 aliphatic rings. The highest BCUT2D eigenvalue weighted by atomic mass is 31.2. The zero-order valence-electron chi connectivity index (χ0n) is 4.68. The van der Waals surface area contributed by atoms with E-state index < -0.39 is 7.37 Å². The summed E-state index contributed by atoms with van der Waals surface area (Å²) in [6.45, 7) is 7.07. The van der Waals surface area contributed by atoms with Crippen molar-refractivity contribution in [1.82, 2.24) is 0 Å². The van der Waals surface area contributed by atoms with Crippen molar-refractivity contribution in [1.29, 1.82) is 0 Å². The predicted molar refractivity (Wildman–Crippen MR) is 30.5 cm³/mol. The lowest BCUT2D eigenvalue weighted by molar-refractivity contribution is 0.344. The monoisotopic (exact) mass is 121 g/mol. The molecule has 0 aliphatic heterocycles. The second kappa shape index (κ2) is 2.49. The standard InChI is InChI=1S/C4H10O2P/c1-4-6-7(2,3)5/h2,4H2,1,3H3/q-1. The lowest BCUT2D eigenvalue weighted by Crippen LogP contribution is -1.81. The molecule has 0 N–H and O–H groups in total. The van der Waals surface area contributed by atoms with Crippen LogP contribution in [0, 0.1) is 6.66 Å². The molecular formula is C4H10O2P-. The summed E-state index contributed by atoms with van der Waals surface area (Å²) in [6, 6.07) is 0. The summed E-state index contributed by atoms with van der Waals surface area (Å²) < 4.78 is 15.2. The maximum atomic E-state index is 10.5. The summed E-state index contributed by atoms with van der Waals surface area (Å²) in [5.41, 5.74) is 0. The van der Waals surface area contributed by atoms with Crippen LogP contribution in [0.1, 0.15) is 6.92 Å². The number of rotatable bonds is 2. The highest BCUT2D eigenvalue weighted by Gasteiger charge is 1.92. The summed E-state index contributed by atoms with van der Waals surface area (Å²) in [5.74, 6) is 0. The first-order valence-corrected chi connectivity index (χ1v) is 4.38. The third kappa shape index (κ3) is 6.19. The van der Waals surface area contributed by atoms with Crippen LogP contribution >= 0.6 is 7.37 Å². The normalized spacial score (nSPS) is 18.7. The summed E-state index contributed by atoms with van der Waals surface area (Å²) >= 11 is 0. The van der Waals surface area contributed by atoms with Crippen molar-refractivity contribution in [2.75, 3.05) is 13.3 Å². The van der Waals surface area contributed by atoms with Crippen LogP contribution in [-0.2, 0) is 9.09 Å². The average Bonchev–Trinajstić information content (AvgIpc) is 1.30. The third-order valence-electron chi connectivity index (χ3n) is 0.402. The molecule has 0 amide bonds. The van der Waals surface area contributed by atoms with Gasteiger partial charge in [0.2, 0.25) is 0 Å². The molecule has 0 fully saturated rings. The highest BCUT2D eigenvalue weighted by Crippen LogP contribution is 2.39. The Bertz CT molecular complexity index is 83.7. The lowest BCUT2D eigenvalue weighted by atomic mass is 10.9. The van der Waals surface area contributed by atoms with Gasteiger partial charge in [-0.25, -0.2) is 0 Å². The van der Waals surface area contributed by atoms with Crippen molar-refractivity contribution in [2.45, 2.75) is 6.92 Å². The van der Waals surface area contributed by atoms with Crippen molar-refractivity contribution in [3.8, 4) is 0 Å². The summed E-state index contributed by atoms with van der Waals surface area (Å²) in [6.07, 6.45) is 0. The topological polar surface area (TPSA) is 26.3 Å². The van der Waals surface area contributed by atoms with Gasteiger partial charge in [0.1, 0.15) is 0 Å². The summed E-state index contributed by atoms with van der Waals surface area (Å²) in [7, 11) is -2.42. The molecule has 0 rings (SSSR count). The molecule has 0 saturated heterocycles. The van der Waals surface area contributed by atoms with Gasteiger partial charge in [-0.05, 0) is 13.6 Å². The van der Waals surface area contributed by atoms with E-state index in [-0.39, 0.29) is 0 Å². The largest absolute Gasteiger partial charge is 0.354 e. The second-order valence-electron chi connectivity index (χ2n) is 1.43. The Kier molecular flexibility index (Phi) is 2.55. The Morgan fingerprint density at radius 1 is 1.86 bits per heavy atom. The van der Waals surface area contributed by atoms with Crippen molar-refractivity contribution in [3.05, 3.63) is 6.66 Å². The highest BCUT2D eigenvalue weighted by molar-refractivity contribution is 7.59. The molecule has 1 unspecified atom stereocenters. The Morgan fingerprint density at radius 2 is 2.29 bits per heavy atom. The van der Waals surface area contributed by atoms with Crippen LogP contribution in [0.4, 0.5) is 0 Å². The van der Waals surface area contributed by atoms with Gasteiger partial charge in [0.05, 0.1) is 7.37 Å². The third-order valence-corrected chi connectivity index (χ3v) is 1.21. The van der Waals surface area contributed by atoms with Crippen LogP contribution in [-0.4, -0.2) is 13.3 Å². The Morgan fingerprint density at radius 3 is 2.29 bits per heavy atom. The van der Waals surface area contributed by atoms with Crippen molar-refractivity contribution in [2.24, 2.45) is 0 Å². The SMILES string of the molecule is [CH2-]P(C)(=O)OCC. The maximum Gasteiger partial charge on any atom is 0.0624 e. The fourth-order valence-corrected chi connectivity index (χ4v) is 0.819. The van der Waals surface area contributed by atoms with Crippen LogP contribution in [0.2, 0.25) is 0 Å². The van der Waals surface area contributed by atoms with E-state index in [0.29, 0.717) is 6.61 Å². The molecule has 0 saturated carbocycles. The van der Waals surface area contributed by atoms with E-state index in [2.05, 4.69) is 11.2 Å². The van der Waals surface area contributed by atoms with Gasteiger partial charge < -0.3 is 9.09 Å². The molecule has 3 heteroatoms. The van der Waals surface area contributed by atoms with Gasteiger partial charge in [0.15, 0.2) is 0 Å². The fourth-order valence-electron chi connectivity index (χ4n) is 0.273. The molecule has 0 heterocycles. The zero-order chi connectivity index (χ0) is 5.91. The van der Waals surface area contributed by atoms with Crippen LogP contribution in [0.25, 0.3) is 0 Å². The van der Waals surface area contributed by atoms with E-state index >= 15 is 0 Å². The molecule has 0 aromatic rings. The number of hydrogen-bond donors (Lipinski definition) is 0. The van der Waals surface area contributed by atoms with E-state index in [1.807, 2.05) is 0 Å². The van der Waals surface area contributed by atoms with Gasteiger partial charge in [0.25, 0.3) is 0 Å². The van der Waals surface area contributed by atoms with Gasteiger partial charge in [-0.2, -0.15) is 0 Å². The predicted octanol–water partition coefficient (Wildman–Crippen LogP) is 1.72. The van der Waals surface area contributed by atoms with Gasteiger partial charge in [-0.15, -0.1) is 0 Å². The number of hydrogen-bond acceptors (Lipinski definition) is 2. The first kappa shape index (κ1) is 7.19. The van der Waals surface area contributed by atoms with E-state index in [1.54, 1.807) is 6.92 Å². The minimum atomic E-state index is -2.42. The van der Waals surface area contributed by atoms with E-state index in [1.165, 1.54) is 6.66 Å². The van der Waals surface area contributed by atoms with Crippen LogP contribution in [0.15, 0.2) is 0 Å². The Labute approximate surface area is 44.3 Å². The second-order valence-corrected chi connectivity index (χ2v) is 3.72. The molecule has 0 bridgehead atoms. The van der Waals surface area contributed by atoms with Crippen LogP contribution < -0.4 is 0 Å². The molecule has 1 atom stereocenters. The molecule has 2 nitrogen and oxygen atoms in total. The van der Waals surface area contributed by atoms with Crippen LogP contribution in [0.3, 0.4) is 0 Å². The van der Waals surface area contributed by atoms with Gasteiger partial charge >= 0.3 is 0 Å². The Hall–Kier alpha value is 0.190. The van der Waals surface area contributed by atoms with Gasteiger partial charge in [0, 0.05) is 6.61 Å². The minimum Gasteiger partial charge on any atom is -0.354 e. The van der Waals surface area contributed by atoms with Crippen molar-refractivity contribution >= 4 is 7.37 Å². The van der Waals surface area contributed by atoms with Gasteiger partial charge in [-0.3, -0.25) is 6.66 Å². The average molecular weight is 121 g/mol. The molecule has 0 aliphatic carbocycles. The first-order chi connectivity index (χ1) is 3.06. The van der Waals surface area contributed by atoms with Crippen LogP contribution in [0.5, 0.6) is 0 Å². The molecule has 44 valence electrons. The molecular weight excluding hydrogens is 111 g/mol. The minimum absolute atomic E-state index is 0.483. The molecule has 0 aromatic heterocycles. The van der Waals surface area contributed by atoms with E-state index in [0.717, 1.165) is 0 Å². The quantitative estimate of drug-likeness (QED) is 0.410. The first-order valence-electron chi connectivity index (χ1n) is 2.12. The van der Waals surface area contributed by atoms with E-state index in [4.69, 9.17) is 0 Å². The molecule has 7 heavy (non-hydrogen) atoms.